The molecule has 0 unspecified atom stereocenters. The Bertz CT molecular complexity index is 858. The smallest absolute Gasteiger partial charge is 0.0167 e. The molecule has 0 aliphatic rings. The normalized spacial score (nSPS) is 10.8. The fourth-order valence-corrected chi connectivity index (χ4v) is 2.45. The molecule has 0 amide bonds. The third kappa shape index (κ3) is 5.21. The van der Waals surface area contributed by atoms with E-state index in [-0.39, 0.29) is 0 Å². The summed E-state index contributed by atoms with van der Waals surface area (Å²) in [6.07, 6.45) is 3.78. The summed E-state index contributed by atoms with van der Waals surface area (Å²) >= 11 is 2.17. The van der Waals surface area contributed by atoms with E-state index in [0.717, 1.165) is 16.8 Å². The number of pyridine rings is 1. The first-order valence-corrected chi connectivity index (χ1v) is 8.91. The molecule has 0 aliphatic heterocycles. The molecule has 1 heterocycles. The van der Waals surface area contributed by atoms with Crippen molar-refractivity contribution in [2.75, 3.05) is 0 Å². The summed E-state index contributed by atoms with van der Waals surface area (Å²) in [7, 11) is 0. The molecule has 2 heteroatoms. The molecule has 3 rings (SSSR count). The molecule has 0 N–H and O–H groups in total. The Morgan fingerprint density at radius 3 is 2.46 bits per heavy atom. The summed E-state index contributed by atoms with van der Waals surface area (Å²) in [6.45, 7) is 9.28. The predicted octanol–water partition coefficient (Wildman–Crippen LogP) is 5.36. The van der Waals surface area contributed by atoms with Gasteiger partial charge in [-0.15, -0.1) is 35.9 Å². The Balaban J connectivity index is 0.000000224. The number of allylic oxidation sites excluding steroid dienone is 3. The molecular weight excluding hydrogens is 473 g/mol. The number of fused-ring (bicyclic) bond motifs is 1. The van der Waals surface area contributed by atoms with Crippen LogP contribution in [-0.4, -0.2) is 9.38 Å². The van der Waals surface area contributed by atoms with Crippen LogP contribution in [0.1, 0.15) is 13.8 Å². The summed E-state index contributed by atoms with van der Waals surface area (Å²) in [5.74, 6) is 0. The zero-order valence-corrected chi connectivity index (χ0v) is 16.0. The van der Waals surface area contributed by atoms with Crippen LogP contribution in [0.5, 0.6) is 0 Å². The SMILES string of the molecule is [CH-]=C(C)/C=C(/C)[CH]=[Pt].[c-]1ccccc1-c1nccc2ccccc12. The second kappa shape index (κ2) is 9.25. The Morgan fingerprint density at radius 1 is 1.08 bits per heavy atom. The van der Waals surface area contributed by atoms with Crippen LogP contribution in [0.25, 0.3) is 22.0 Å². The van der Waals surface area contributed by atoms with Crippen molar-refractivity contribution in [1.29, 1.82) is 0 Å². The molecule has 1 aromatic heterocycles. The fraction of sp³-hybridized carbons (Fsp3) is 0.0909. The van der Waals surface area contributed by atoms with Crippen LogP contribution in [-0.2, 0) is 19.4 Å². The Morgan fingerprint density at radius 2 is 1.83 bits per heavy atom. The summed E-state index contributed by atoms with van der Waals surface area (Å²) in [5, 5.41) is 2.39. The van der Waals surface area contributed by atoms with Gasteiger partial charge in [-0.25, -0.2) is 0 Å². The Labute approximate surface area is 155 Å². The van der Waals surface area contributed by atoms with E-state index in [9.17, 15) is 0 Å². The van der Waals surface area contributed by atoms with E-state index in [1.54, 1.807) is 0 Å². The van der Waals surface area contributed by atoms with E-state index >= 15 is 0 Å². The zero-order chi connectivity index (χ0) is 17.4. The molecule has 2 aromatic carbocycles. The number of rotatable bonds is 3. The topological polar surface area (TPSA) is 12.9 Å². The number of hydrogen-bond acceptors (Lipinski definition) is 1. The van der Waals surface area contributed by atoms with Crippen LogP contribution in [0.2, 0.25) is 0 Å². The third-order valence-corrected chi connectivity index (χ3v) is 4.27. The maximum Gasteiger partial charge on any atom is 0.0167 e. The first kappa shape index (κ1) is 18.2. The number of benzene rings is 2. The largest absolute Gasteiger partial charge is 0.304 e. The van der Waals surface area contributed by atoms with Crippen LogP contribution in [0.3, 0.4) is 0 Å². The van der Waals surface area contributed by atoms with Crippen molar-refractivity contribution >= 4 is 15.2 Å². The number of nitrogens with zero attached hydrogens (tertiary/aromatic N) is 1. The van der Waals surface area contributed by atoms with Gasteiger partial charge < -0.3 is 4.98 Å². The van der Waals surface area contributed by atoms with Crippen LogP contribution >= 0.6 is 0 Å². The average molecular weight is 492 g/mol. The maximum atomic E-state index is 5.39. The molecular formula is C22H19NPt-2. The van der Waals surface area contributed by atoms with Crippen molar-refractivity contribution in [3.05, 3.63) is 90.7 Å². The molecule has 24 heavy (non-hydrogen) atoms. The molecule has 3 aromatic rings. The van der Waals surface area contributed by atoms with Crippen molar-refractivity contribution in [2.45, 2.75) is 13.8 Å². The van der Waals surface area contributed by atoms with Crippen molar-refractivity contribution in [2.24, 2.45) is 0 Å². The van der Waals surface area contributed by atoms with Gasteiger partial charge in [-0.05, 0) is 22.5 Å². The molecule has 0 saturated heterocycles. The van der Waals surface area contributed by atoms with Crippen molar-refractivity contribution < 1.29 is 19.4 Å². The first-order chi connectivity index (χ1) is 11.6. The van der Waals surface area contributed by atoms with Gasteiger partial charge in [0.2, 0.25) is 0 Å². The van der Waals surface area contributed by atoms with Gasteiger partial charge in [-0.3, -0.25) is 0 Å². The fourth-order valence-electron chi connectivity index (χ4n) is 2.26. The standard InChI is InChI=1S/C15H10N.C7H9.Pt/c1-2-7-13(8-3-1)15-14-9-5-4-6-12(14)10-11-16-15;1-6(2)5-7(3)4;/h1-7,9-11H;1,3,5H,2,4H3;/q2*-1;/b;6-5+;. The van der Waals surface area contributed by atoms with Crippen LogP contribution in [0.4, 0.5) is 0 Å². The van der Waals surface area contributed by atoms with E-state index in [1.165, 1.54) is 16.3 Å². The van der Waals surface area contributed by atoms with E-state index in [4.69, 9.17) is 6.58 Å². The quantitative estimate of drug-likeness (QED) is 0.354. The summed E-state index contributed by atoms with van der Waals surface area (Å²) < 4.78 is 2.00. The second-order valence-corrected chi connectivity index (χ2v) is 6.04. The summed E-state index contributed by atoms with van der Waals surface area (Å²) in [4.78, 5) is 4.45. The van der Waals surface area contributed by atoms with Gasteiger partial charge in [0.25, 0.3) is 0 Å². The van der Waals surface area contributed by atoms with Gasteiger partial charge in [0.05, 0.1) is 0 Å². The minimum Gasteiger partial charge on any atom is -0.304 e. The van der Waals surface area contributed by atoms with Gasteiger partial charge in [0, 0.05) is 6.20 Å². The van der Waals surface area contributed by atoms with Gasteiger partial charge in [-0.1, -0.05) is 24.3 Å². The monoisotopic (exact) mass is 492 g/mol. The molecule has 0 spiro atoms. The minimum atomic E-state index is 0.857. The maximum absolute atomic E-state index is 5.39. The molecule has 124 valence electrons. The Hall–Kier alpha value is -2.11. The van der Waals surface area contributed by atoms with Gasteiger partial charge in [-0.2, -0.15) is 0 Å². The number of hydrogen-bond donors (Lipinski definition) is 0. The predicted molar refractivity (Wildman–Crippen MR) is 99.3 cm³/mol. The minimum absolute atomic E-state index is 0.857. The molecule has 0 aliphatic carbocycles. The van der Waals surface area contributed by atoms with Crippen LogP contribution < -0.4 is 0 Å². The second-order valence-electron chi connectivity index (χ2n) is 5.38. The molecule has 0 saturated carbocycles. The van der Waals surface area contributed by atoms with E-state index < -0.39 is 0 Å². The molecule has 0 bridgehead atoms. The van der Waals surface area contributed by atoms with Crippen molar-refractivity contribution in [1.82, 2.24) is 4.98 Å². The Kier molecular flexibility index (Phi) is 7.03. The van der Waals surface area contributed by atoms with Crippen molar-refractivity contribution in [3.63, 3.8) is 0 Å². The number of aromatic nitrogens is 1. The molecule has 0 fully saturated rings. The van der Waals surface area contributed by atoms with Gasteiger partial charge >= 0.3 is 61.4 Å². The van der Waals surface area contributed by atoms with Crippen LogP contribution in [0.15, 0.2) is 78.0 Å². The molecule has 0 atom stereocenters. The average Bonchev–Trinajstić information content (AvgIpc) is 2.62. The molecule has 0 radical (unpaired) electrons. The summed E-state index contributed by atoms with van der Waals surface area (Å²) in [6, 6.07) is 21.4. The zero-order valence-electron chi connectivity index (χ0n) is 13.8. The van der Waals surface area contributed by atoms with Crippen LogP contribution in [0, 0.1) is 12.6 Å². The van der Waals surface area contributed by atoms with E-state index in [2.05, 4.69) is 42.5 Å². The van der Waals surface area contributed by atoms with E-state index in [1.807, 2.05) is 73.0 Å². The summed E-state index contributed by atoms with van der Waals surface area (Å²) in [5.41, 5.74) is 4.10. The van der Waals surface area contributed by atoms with Crippen molar-refractivity contribution in [3.8, 4) is 11.3 Å². The van der Waals surface area contributed by atoms with Gasteiger partial charge in [0.1, 0.15) is 0 Å². The third-order valence-electron chi connectivity index (χ3n) is 3.24. The molecule has 1 nitrogen and oxygen atoms in total. The van der Waals surface area contributed by atoms with E-state index in [0.29, 0.717) is 0 Å². The first-order valence-electron chi connectivity index (χ1n) is 7.60. The van der Waals surface area contributed by atoms with Gasteiger partial charge in [0.15, 0.2) is 0 Å².